The fourth-order valence-electron chi connectivity index (χ4n) is 6.22. The Hall–Kier alpha value is -3.71. The van der Waals surface area contributed by atoms with Gasteiger partial charge in [0.2, 0.25) is 5.91 Å². The third kappa shape index (κ3) is 3.72. The maximum Gasteiger partial charge on any atom is 0.261 e. The second-order valence-corrected chi connectivity index (χ2v) is 10.6. The molecule has 0 bridgehead atoms. The van der Waals surface area contributed by atoms with E-state index in [0.29, 0.717) is 43.7 Å². The Labute approximate surface area is 217 Å². The van der Waals surface area contributed by atoms with Gasteiger partial charge in [-0.25, -0.2) is 0 Å². The average Bonchev–Trinajstić information content (AvgIpc) is 3.20. The molecular formula is C30H32N4O3. The van der Waals surface area contributed by atoms with Gasteiger partial charge in [0.05, 0.1) is 6.67 Å². The van der Waals surface area contributed by atoms with Gasteiger partial charge in [-0.2, -0.15) is 0 Å². The SMILES string of the molecule is CC(C)N1CN(c2ccccc2)C2(CCN(CCN3C(=O)c4cccc5cccc(c45)C3=O)CC2)C1=O. The molecule has 1 spiro atoms. The van der Waals surface area contributed by atoms with E-state index in [2.05, 4.69) is 35.8 Å². The van der Waals surface area contributed by atoms with E-state index in [1.165, 1.54) is 4.90 Å². The summed E-state index contributed by atoms with van der Waals surface area (Å²) in [5, 5.41) is 1.67. The van der Waals surface area contributed by atoms with Crippen molar-refractivity contribution in [3.8, 4) is 0 Å². The number of imide groups is 1. The van der Waals surface area contributed by atoms with E-state index in [4.69, 9.17) is 0 Å². The minimum absolute atomic E-state index is 0.138. The molecule has 2 saturated heterocycles. The lowest BCUT2D eigenvalue weighted by atomic mass is 9.85. The van der Waals surface area contributed by atoms with Crippen LogP contribution < -0.4 is 4.90 Å². The summed E-state index contributed by atoms with van der Waals surface area (Å²) in [4.78, 5) is 48.1. The molecule has 190 valence electrons. The van der Waals surface area contributed by atoms with Crippen molar-refractivity contribution in [3.05, 3.63) is 77.9 Å². The highest BCUT2D eigenvalue weighted by Gasteiger charge is 2.54. The topological polar surface area (TPSA) is 64.2 Å². The van der Waals surface area contributed by atoms with E-state index in [-0.39, 0.29) is 23.8 Å². The quantitative estimate of drug-likeness (QED) is 0.500. The molecule has 3 aliphatic rings. The zero-order valence-corrected chi connectivity index (χ0v) is 21.4. The molecule has 0 N–H and O–H groups in total. The summed E-state index contributed by atoms with van der Waals surface area (Å²) < 4.78 is 0. The average molecular weight is 497 g/mol. The van der Waals surface area contributed by atoms with Crippen molar-refractivity contribution < 1.29 is 14.4 Å². The van der Waals surface area contributed by atoms with Gasteiger partial charge in [0.1, 0.15) is 5.54 Å². The summed E-state index contributed by atoms with van der Waals surface area (Å²) in [6.07, 6.45) is 1.43. The zero-order valence-electron chi connectivity index (χ0n) is 21.4. The Morgan fingerprint density at radius 3 is 2.00 bits per heavy atom. The molecule has 0 unspecified atom stereocenters. The molecule has 37 heavy (non-hydrogen) atoms. The highest BCUT2D eigenvalue weighted by molar-refractivity contribution is 6.25. The van der Waals surface area contributed by atoms with E-state index in [1.54, 1.807) is 0 Å². The normalized spacial score (nSPS) is 19.6. The molecule has 0 aromatic heterocycles. The summed E-state index contributed by atoms with van der Waals surface area (Å²) in [6, 6.07) is 21.6. The number of hydrogen-bond acceptors (Lipinski definition) is 5. The Balaban J connectivity index is 1.17. The van der Waals surface area contributed by atoms with Crippen molar-refractivity contribution in [1.82, 2.24) is 14.7 Å². The van der Waals surface area contributed by atoms with Gasteiger partial charge in [0, 0.05) is 54.4 Å². The molecule has 6 rings (SSSR count). The van der Waals surface area contributed by atoms with Crippen molar-refractivity contribution in [1.29, 1.82) is 0 Å². The zero-order chi connectivity index (χ0) is 25.7. The summed E-state index contributed by atoms with van der Waals surface area (Å²) in [5.41, 5.74) is 1.71. The molecule has 7 heteroatoms. The molecule has 3 amide bonds. The number of likely N-dealkylation sites (tertiary alicyclic amines) is 1. The number of carbonyl (C=O) groups excluding carboxylic acids is 3. The van der Waals surface area contributed by atoms with Crippen molar-refractivity contribution >= 4 is 34.2 Å². The molecule has 7 nitrogen and oxygen atoms in total. The number of piperidine rings is 1. The smallest absolute Gasteiger partial charge is 0.261 e. The molecular weight excluding hydrogens is 464 g/mol. The predicted molar refractivity (Wildman–Crippen MR) is 143 cm³/mol. The van der Waals surface area contributed by atoms with E-state index in [0.717, 1.165) is 29.5 Å². The van der Waals surface area contributed by atoms with Crippen LogP contribution in [0, 0.1) is 0 Å². The first-order chi connectivity index (χ1) is 17.9. The molecule has 3 heterocycles. The minimum atomic E-state index is -0.548. The van der Waals surface area contributed by atoms with Crippen LogP contribution in [-0.2, 0) is 4.79 Å². The summed E-state index contributed by atoms with van der Waals surface area (Å²) in [7, 11) is 0. The molecule has 0 saturated carbocycles. The number of anilines is 1. The number of hydrogen-bond donors (Lipinski definition) is 0. The largest absolute Gasteiger partial charge is 0.339 e. The highest BCUT2D eigenvalue weighted by Crippen LogP contribution is 2.40. The number of para-hydroxylation sites is 1. The van der Waals surface area contributed by atoms with Crippen LogP contribution in [-0.4, -0.2) is 76.8 Å². The first-order valence-corrected chi connectivity index (χ1v) is 13.1. The van der Waals surface area contributed by atoms with Gasteiger partial charge < -0.3 is 14.7 Å². The highest BCUT2D eigenvalue weighted by atomic mass is 16.2. The molecule has 2 fully saturated rings. The van der Waals surface area contributed by atoms with Crippen molar-refractivity contribution in [3.63, 3.8) is 0 Å². The van der Waals surface area contributed by atoms with Crippen LogP contribution in [0.4, 0.5) is 5.69 Å². The fraction of sp³-hybridized carbons (Fsp3) is 0.367. The van der Waals surface area contributed by atoms with Crippen LogP contribution in [0.1, 0.15) is 47.4 Å². The maximum atomic E-state index is 13.7. The number of amides is 3. The van der Waals surface area contributed by atoms with Crippen LogP contribution in [0.25, 0.3) is 10.8 Å². The molecule has 0 aliphatic carbocycles. The molecule has 3 aromatic carbocycles. The first-order valence-electron chi connectivity index (χ1n) is 13.1. The van der Waals surface area contributed by atoms with Gasteiger partial charge >= 0.3 is 0 Å². The monoisotopic (exact) mass is 496 g/mol. The van der Waals surface area contributed by atoms with Gasteiger partial charge in [-0.3, -0.25) is 19.3 Å². The van der Waals surface area contributed by atoms with Crippen LogP contribution in [0.5, 0.6) is 0 Å². The second kappa shape index (κ2) is 8.99. The predicted octanol–water partition coefficient (Wildman–Crippen LogP) is 3.99. The number of benzene rings is 3. The lowest BCUT2D eigenvalue weighted by Crippen LogP contribution is -2.57. The standard InChI is InChI=1S/C30H32N4O3/c1-21(2)33-20-34(23-10-4-3-5-11-23)30(29(33)37)14-16-31(17-15-30)18-19-32-27(35)24-12-6-8-22-9-7-13-25(26(22)24)28(32)36/h3-13,21H,14-20H2,1-2H3. The Morgan fingerprint density at radius 2 is 1.41 bits per heavy atom. The van der Waals surface area contributed by atoms with Gasteiger partial charge in [-0.05, 0) is 56.3 Å². The Kier molecular flexibility index (Phi) is 5.75. The summed E-state index contributed by atoms with van der Waals surface area (Å²) in [6.45, 7) is 7.15. The first kappa shape index (κ1) is 23.7. The minimum Gasteiger partial charge on any atom is -0.339 e. The fourth-order valence-corrected chi connectivity index (χ4v) is 6.22. The van der Waals surface area contributed by atoms with Gasteiger partial charge in [-0.15, -0.1) is 0 Å². The van der Waals surface area contributed by atoms with E-state index >= 15 is 0 Å². The Bertz CT molecular complexity index is 1330. The third-order valence-electron chi connectivity index (χ3n) is 8.34. The lowest BCUT2D eigenvalue weighted by molar-refractivity contribution is -0.135. The van der Waals surface area contributed by atoms with Crippen LogP contribution in [0.15, 0.2) is 66.7 Å². The van der Waals surface area contributed by atoms with Crippen LogP contribution >= 0.6 is 0 Å². The van der Waals surface area contributed by atoms with Crippen molar-refractivity contribution in [2.75, 3.05) is 37.7 Å². The van der Waals surface area contributed by atoms with Gasteiger partial charge in [0.15, 0.2) is 0 Å². The lowest BCUT2D eigenvalue weighted by Gasteiger charge is -2.43. The molecule has 0 radical (unpaired) electrons. The van der Waals surface area contributed by atoms with E-state index < -0.39 is 5.54 Å². The van der Waals surface area contributed by atoms with E-state index in [1.807, 2.05) is 59.5 Å². The van der Waals surface area contributed by atoms with E-state index in [9.17, 15) is 14.4 Å². The van der Waals surface area contributed by atoms with Crippen LogP contribution in [0.2, 0.25) is 0 Å². The number of nitrogens with zero attached hydrogens (tertiary/aromatic N) is 4. The number of carbonyl (C=O) groups is 3. The van der Waals surface area contributed by atoms with Crippen LogP contribution in [0.3, 0.4) is 0 Å². The number of rotatable bonds is 5. The van der Waals surface area contributed by atoms with Crippen molar-refractivity contribution in [2.45, 2.75) is 38.3 Å². The third-order valence-corrected chi connectivity index (χ3v) is 8.34. The second-order valence-electron chi connectivity index (χ2n) is 10.6. The van der Waals surface area contributed by atoms with Gasteiger partial charge in [0.25, 0.3) is 11.8 Å². The summed E-state index contributed by atoms with van der Waals surface area (Å²) in [5.74, 6) is -0.245. The summed E-state index contributed by atoms with van der Waals surface area (Å²) >= 11 is 0. The molecule has 3 aromatic rings. The Morgan fingerprint density at radius 1 is 0.784 bits per heavy atom. The molecule has 3 aliphatic heterocycles. The maximum absolute atomic E-state index is 13.7. The van der Waals surface area contributed by atoms with Crippen molar-refractivity contribution in [2.24, 2.45) is 0 Å². The van der Waals surface area contributed by atoms with Gasteiger partial charge in [-0.1, -0.05) is 42.5 Å². The molecule has 0 atom stereocenters.